The maximum Gasteiger partial charge on any atom is 0.255 e. The highest BCUT2D eigenvalue weighted by atomic mass is 32.2. The molecule has 2 amide bonds. The lowest BCUT2D eigenvalue weighted by molar-refractivity contribution is -0.119. The SMILES string of the molecule is COc1cc(C(=O)N2CCCN(S(=O)(=O)c3ccc(F)cc3)CC2)ccc1OCC(N)=O. The van der Waals surface area contributed by atoms with E-state index in [9.17, 15) is 22.4 Å². The molecule has 0 radical (unpaired) electrons. The summed E-state index contributed by atoms with van der Waals surface area (Å²) in [5.41, 5.74) is 5.41. The van der Waals surface area contributed by atoms with Crippen LogP contribution in [0.2, 0.25) is 0 Å². The first kappa shape index (κ1) is 23.5. The molecule has 0 atom stereocenters. The number of hydrogen-bond acceptors (Lipinski definition) is 6. The molecule has 9 nitrogen and oxygen atoms in total. The van der Waals surface area contributed by atoms with Crippen molar-refractivity contribution >= 4 is 21.8 Å². The van der Waals surface area contributed by atoms with Gasteiger partial charge in [0, 0.05) is 31.7 Å². The second-order valence-electron chi connectivity index (χ2n) is 7.12. The third kappa shape index (κ3) is 5.35. The van der Waals surface area contributed by atoms with Crippen LogP contribution in [-0.2, 0) is 14.8 Å². The molecule has 2 aromatic rings. The second kappa shape index (κ2) is 9.96. The van der Waals surface area contributed by atoms with E-state index in [1.54, 1.807) is 11.0 Å². The highest BCUT2D eigenvalue weighted by Crippen LogP contribution is 2.29. The van der Waals surface area contributed by atoms with Crippen molar-refractivity contribution in [2.75, 3.05) is 39.9 Å². The number of nitrogens with zero attached hydrogens (tertiary/aromatic N) is 2. The van der Waals surface area contributed by atoms with E-state index in [4.69, 9.17) is 15.2 Å². The second-order valence-corrected chi connectivity index (χ2v) is 9.06. The Bertz CT molecular complexity index is 1090. The lowest BCUT2D eigenvalue weighted by Gasteiger charge is -2.22. The fourth-order valence-corrected chi connectivity index (χ4v) is 4.81. The molecule has 1 aliphatic rings. The normalized spacial score (nSPS) is 15.1. The number of primary amides is 1. The minimum atomic E-state index is -3.79. The third-order valence-electron chi connectivity index (χ3n) is 4.97. The van der Waals surface area contributed by atoms with Gasteiger partial charge in [-0.05, 0) is 48.9 Å². The average molecular weight is 466 g/mol. The predicted octanol–water partition coefficient (Wildman–Crippen LogP) is 1.24. The van der Waals surface area contributed by atoms with E-state index in [2.05, 4.69) is 0 Å². The van der Waals surface area contributed by atoms with Crippen LogP contribution in [0.5, 0.6) is 11.5 Å². The summed E-state index contributed by atoms with van der Waals surface area (Å²) < 4.78 is 50.7. The summed E-state index contributed by atoms with van der Waals surface area (Å²) in [6.07, 6.45) is 0.448. The van der Waals surface area contributed by atoms with Crippen molar-refractivity contribution in [1.82, 2.24) is 9.21 Å². The first-order valence-electron chi connectivity index (χ1n) is 9.86. The van der Waals surface area contributed by atoms with Gasteiger partial charge < -0.3 is 20.1 Å². The van der Waals surface area contributed by atoms with E-state index in [1.165, 1.54) is 35.7 Å². The summed E-state index contributed by atoms with van der Waals surface area (Å²) in [7, 11) is -2.38. The maximum atomic E-state index is 13.2. The van der Waals surface area contributed by atoms with Gasteiger partial charge in [0.25, 0.3) is 11.8 Å². The summed E-state index contributed by atoms with van der Waals surface area (Å²) in [4.78, 5) is 25.5. The van der Waals surface area contributed by atoms with Crippen molar-refractivity contribution in [2.24, 2.45) is 5.73 Å². The Morgan fingerprint density at radius 2 is 1.75 bits per heavy atom. The number of methoxy groups -OCH3 is 1. The van der Waals surface area contributed by atoms with E-state index in [0.29, 0.717) is 18.5 Å². The number of sulfonamides is 1. The molecule has 1 aliphatic heterocycles. The number of halogens is 1. The van der Waals surface area contributed by atoms with Crippen LogP contribution in [-0.4, -0.2) is 69.3 Å². The van der Waals surface area contributed by atoms with Crippen LogP contribution in [0.4, 0.5) is 4.39 Å². The number of ether oxygens (including phenoxy) is 2. The standard InChI is InChI=1S/C21H24FN3O6S/c1-30-19-13-15(3-8-18(19)31-14-20(23)26)21(27)24-9-2-10-25(12-11-24)32(28,29)17-6-4-16(22)5-7-17/h3-8,13H,2,9-12,14H2,1H3,(H2,23,26). The Hall–Kier alpha value is -3.18. The molecule has 11 heteroatoms. The van der Waals surface area contributed by atoms with Crippen LogP contribution in [0.1, 0.15) is 16.8 Å². The lowest BCUT2D eigenvalue weighted by atomic mass is 10.1. The predicted molar refractivity (Wildman–Crippen MR) is 113 cm³/mol. The van der Waals surface area contributed by atoms with Crippen molar-refractivity contribution in [3.05, 3.63) is 53.8 Å². The van der Waals surface area contributed by atoms with E-state index in [1.807, 2.05) is 0 Å². The zero-order valence-corrected chi connectivity index (χ0v) is 18.3. The monoisotopic (exact) mass is 465 g/mol. The van der Waals surface area contributed by atoms with Gasteiger partial charge in [-0.3, -0.25) is 9.59 Å². The van der Waals surface area contributed by atoms with Crippen LogP contribution in [0.25, 0.3) is 0 Å². The number of carbonyl (C=O) groups is 2. The number of benzene rings is 2. The first-order chi connectivity index (χ1) is 15.2. The van der Waals surface area contributed by atoms with Crippen LogP contribution in [0, 0.1) is 5.82 Å². The van der Waals surface area contributed by atoms with Crippen molar-refractivity contribution in [2.45, 2.75) is 11.3 Å². The van der Waals surface area contributed by atoms with E-state index in [-0.39, 0.29) is 48.5 Å². The number of rotatable bonds is 7. The molecule has 0 saturated carbocycles. The van der Waals surface area contributed by atoms with Crippen molar-refractivity contribution < 1.29 is 31.9 Å². The zero-order valence-electron chi connectivity index (χ0n) is 17.5. The molecule has 2 aromatic carbocycles. The van der Waals surface area contributed by atoms with Crippen LogP contribution >= 0.6 is 0 Å². The highest BCUT2D eigenvalue weighted by molar-refractivity contribution is 7.89. The molecule has 1 fully saturated rings. The molecule has 0 aliphatic carbocycles. The molecule has 172 valence electrons. The topological polar surface area (TPSA) is 119 Å². The average Bonchev–Trinajstić information content (AvgIpc) is 3.04. The molecule has 0 bridgehead atoms. The van der Waals surface area contributed by atoms with Crippen molar-refractivity contribution in [1.29, 1.82) is 0 Å². The Balaban J connectivity index is 1.71. The summed E-state index contributed by atoms with van der Waals surface area (Å²) in [5.74, 6) is -0.900. The Morgan fingerprint density at radius 3 is 2.41 bits per heavy atom. The van der Waals surface area contributed by atoms with Gasteiger partial charge in [-0.15, -0.1) is 0 Å². The van der Waals surface area contributed by atoms with E-state index >= 15 is 0 Å². The van der Waals surface area contributed by atoms with Gasteiger partial charge in [0.2, 0.25) is 10.0 Å². The van der Waals surface area contributed by atoms with Gasteiger partial charge in [0.1, 0.15) is 5.82 Å². The Labute approximate surface area is 185 Å². The van der Waals surface area contributed by atoms with Gasteiger partial charge >= 0.3 is 0 Å². The van der Waals surface area contributed by atoms with Crippen LogP contribution in [0.15, 0.2) is 47.4 Å². The van der Waals surface area contributed by atoms with Gasteiger partial charge in [-0.25, -0.2) is 12.8 Å². The van der Waals surface area contributed by atoms with Gasteiger partial charge in [-0.2, -0.15) is 4.31 Å². The summed E-state index contributed by atoms with van der Waals surface area (Å²) in [5, 5.41) is 0. The smallest absolute Gasteiger partial charge is 0.255 e. The lowest BCUT2D eigenvalue weighted by Crippen LogP contribution is -2.37. The molecule has 2 N–H and O–H groups in total. The van der Waals surface area contributed by atoms with Crippen molar-refractivity contribution in [3.8, 4) is 11.5 Å². The summed E-state index contributed by atoms with van der Waals surface area (Å²) in [6, 6.07) is 9.21. The van der Waals surface area contributed by atoms with E-state index in [0.717, 1.165) is 12.1 Å². The van der Waals surface area contributed by atoms with Gasteiger partial charge in [0.15, 0.2) is 18.1 Å². The number of hydrogen-bond donors (Lipinski definition) is 1. The fraction of sp³-hybridized carbons (Fsp3) is 0.333. The largest absolute Gasteiger partial charge is 0.493 e. The maximum absolute atomic E-state index is 13.2. The van der Waals surface area contributed by atoms with Crippen LogP contribution in [0.3, 0.4) is 0 Å². The molecule has 0 spiro atoms. The quantitative estimate of drug-likeness (QED) is 0.657. The van der Waals surface area contributed by atoms with E-state index < -0.39 is 21.7 Å². The number of carbonyl (C=O) groups excluding carboxylic acids is 2. The summed E-state index contributed by atoms with van der Waals surface area (Å²) in [6.45, 7) is 0.598. The molecule has 1 saturated heterocycles. The third-order valence-corrected chi connectivity index (χ3v) is 6.89. The van der Waals surface area contributed by atoms with Gasteiger partial charge in [-0.1, -0.05) is 0 Å². The number of amides is 2. The van der Waals surface area contributed by atoms with Gasteiger partial charge in [0.05, 0.1) is 12.0 Å². The number of nitrogens with two attached hydrogens (primary N) is 1. The zero-order chi connectivity index (χ0) is 23.3. The highest BCUT2D eigenvalue weighted by Gasteiger charge is 2.29. The molecule has 1 heterocycles. The molecular weight excluding hydrogens is 441 g/mol. The molecule has 0 aromatic heterocycles. The molecule has 0 unspecified atom stereocenters. The molecule has 3 rings (SSSR count). The minimum Gasteiger partial charge on any atom is -0.493 e. The minimum absolute atomic E-state index is 0.00922. The van der Waals surface area contributed by atoms with Crippen LogP contribution < -0.4 is 15.2 Å². The molecular formula is C21H24FN3O6S. The fourth-order valence-electron chi connectivity index (χ4n) is 3.34. The Morgan fingerprint density at radius 1 is 1.03 bits per heavy atom. The van der Waals surface area contributed by atoms with Crippen molar-refractivity contribution in [3.63, 3.8) is 0 Å². The summed E-state index contributed by atoms with van der Waals surface area (Å²) >= 11 is 0. The molecule has 32 heavy (non-hydrogen) atoms. The Kier molecular flexibility index (Phi) is 7.31. The first-order valence-corrected chi connectivity index (χ1v) is 11.3.